The molecule has 0 aliphatic carbocycles. The number of benzene rings is 2. The van der Waals surface area contributed by atoms with Crippen molar-refractivity contribution in [3.63, 3.8) is 0 Å². The Morgan fingerprint density at radius 2 is 1.04 bits per heavy atom. The van der Waals surface area contributed by atoms with Crippen LogP contribution in [0.5, 0.6) is 0 Å². The van der Waals surface area contributed by atoms with Gasteiger partial charge in [0, 0.05) is 11.4 Å². The lowest BCUT2D eigenvalue weighted by Gasteiger charge is -2.11. The van der Waals surface area contributed by atoms with Crippen molar-refractivity contribution < 1.29 is 5.11 Å². The van der Waals surface area contributed by atoms with Gasteiger partial charge in [0.05, 0.1) is 0 Å². The molecule has 0 saturated carbocycles. The Morgan fingerprint density at radius 1 is 0.654 bits per heavy atom. The van der Waals surface area contributed by atoms with E-state index in [-0.39, 0.29) is 6.61 Å². The fraction of sp³-hybridized carbons (Fsp3) is 0.250. The number of nitrogens with one attached hydrogen (secondary N) is 2. The molecule has 0 unspecified atom stereocenters. The first-order chi connectivity index (χ1) is 12.4. The zero-order valence-corrected chi connectivity index (χ0v) is 15.5. The van der Waals surface area contributed by atoms with E-state index in [1.165, 1.54) is 0 Å². The summed E-state index contributed by atoms with van der Waals surface area (Å²) in [6.45, 7) is 7.90. The van der Waals surface area contributed by atoms with Crippen LogP contribution in [0.2, 0.25) is 0 Å². The van der Waals surface area contributed by atoms with Crippen molar-refractivity contribution in [2.75, 3.05) is 10.6 Å². The van der Waals surface area contributed by atoms with Crippen molar-refractivity contribution in [2.24, 2.45) is 0 Å². The lowest BCUT2D eigenvalue weighted by Crippen LogP contribution is -2.07. The van der Waals surface area contributed by atoms with Gasteiger partial charge in [0.1, 0.15) is 6.61 Å². The van der Waals surface area contributed by atoms with Crippen molar-refractivity contribution in [3.8, 4) is 0 Å². The van der Waals surface area contributed by atoms with Gasteiger partial charge in [-0.05, 0) is 74.2 Å². The molecule has 0 saturated heterocycles. The average molecular weight is 349 g/mol. The zero-order valence-electron chi connectivity index (χ0n) is 15.5. The molecule has 1 heterocycles. The van der Waals surface area contributed by atoms with Gasteiger partial charge in [-0.15, -0.1) is 0 Å². The van der Waals surface area contributed by atoms with E-state index >= 15 is 0 Å². The SMILES string of the molecule is Cc1cc(C)cc(Nc2nc(CO)nc(Nc3cc(C)cc(C)c3)n2)c1. The van der Waals surface area contributed by atoms with Crippen LogP contribution in [-0.4, -0.2) is 20.1 Å². The standard InChI is InChI=1S/C20H23N5O/c1-12-5-13(2)8-16(7-12)21-19-23-18(11-26)24-20(25-19)22-17-9-14(3)6-15(4)10-17/h5-10,26H,11H2,1-4H3,(H2,21,22,23,24,25). The highest BCUT2D eigenvalue weighted by molar-refractivity contribution is 5.59. The maximum atomic E-state index is 9.49. The van der Waals surface area contributed by atoms with Crippen molar-refractivity contribution in [1.82, 2.24) is 15.0 Å². The van der Waals surface area contributed by atoms with E-state index in [4.69, 9.17) is 0 Å². The summed E-state index contributed by atoms with van der Waals surface area (Å²) in [6.07, 6.45) is 0. The summed E-state index contributed by atoms with van der Waals surface area (Å²) < 4.78 is 0. The summed E-state index contributed by atoms with van der Waals surface area (Å²) in [7, 11) is 0. The normalized spacial score (nSPS) is 10.7. The molecule has 0 fully saturated rings. The third-order valence-electron chi connectivity index (χ3n) is 3.78. The summed E-state index contributed by atoms with van der Waals surface area (Å²) in [5, 5.41) is 15.9. The fourth-order valence-corrected chi connectivity index (χ4v) is 2.95. The van der Waals surface area contributed by atoms with Gasteiger partial charge < -0.3 is 15.7 Å². The summed E-state index contributed by atoms with van der Waals surface area (Å²) in [4.78, 5) is 13.0. The van der Waals surface area contributed by atoms with E-state index < -0.39 is 0 Å². The van der Waals surface area contributed by atoms with Crippen molar-refractivity contribution in [2.45, 2.75) is 34.3 Å². The van der Waals surface area contributed by atoms with E-state index in [1.54, 1.807) is 0 Å². The minimum absolute atomic E-state index is 0.258. The number of aryl methyl sites for hydroxylation is 4. The number of anilines is 4. The molecular formula is C20H23N5O. The van der Waals surface area contributed by atoms with Crippen molar-refractivity contribution in [1.29, 1.82) is 0 Å². The summed E-state index contributed by atoms with van der Waals surface area (Å²) in [5.41, 5.74) is 6.40. The van der Waals surface area contributed by atoms with Gasteiger partial charge in [0.25, 0.3) is 0 Å². The molecule has 2 aromatic carbocycles. The minimum atomic E-state index is -0.258. The van der Waals surface area contributed by atoms with Crippen LogP contribution in [0.3, 0.4) is 0 Å². The van der Waals surface area contributed by atoms with Crippen LogP contribution in [-0.2, 0) is 6.61 Å². The van der Waals surface area contributed by atoms with Gasteiger partial charge in [0.2, 0.25) is 11.9 Å². The topological polar surface area (TPSA) is 83.0 Å². The molecule has 6 nitrogen and oxygen atoms in total. The number of hydrogen-bond acceptors (Lipinski definition) is 6. The second-order valence-corrected chi connectivity index (χ2v) is 6.56. The molecule has 0 aliphatic rings. The Morgan fingerprint density at radius 3 is 1.38 bits per heavy atom. The maximum absolute atomic E-state index is 9.49. The van der Waals surface area contributed by atoms with Crippen LogP contribution in [0.1, 0.15) is 28.1 Å². The maximum Gasteiger partial charge on any atom is 0.232 e. The smallest absolute Gasteiger partial charge is 0.232 e. The number of aliphatic hydroxyl groups is 1. The minimum Gasteiger partial charge on any atom is -0.388 e. The summed E-state index contributed by atoms with van der Waals surface area (Å²) in [6, 6.07) is 12.3. The molecule has 0 atom stereocenters. The number of nitrogens with zero attached hydrogens (tertiary/aromatic N) is 3. The van der Waals surface area contributed by atoms with Gasteiger partial charge in [-0.2, -0.15) is 15.0 Å². The predicted molar refractivity (Wildman–Crippen MR) is 104 cm³/mol. The molecule has 1 aromatic heterocycles. The quantitative estimate of drug-likeness (QED) is 0.644. The Labute approximate surface area is 153 Å². The highest BCUT2D eigenvalue weighted by Crippen LogP contribution is 2.21. The molecule has 26 heavy (non-hydrogen) atoms. The first-order valence-electron chi connectivity index (χ1n) is 8.48. The first-order valence-corrected chi connectivity index (χ1v) is 8.48. The van der Waals surface area contributed by atoms with E-state index in [0.29, 0.717) is 17.7 Å². The molecule has 0 spiro atoms. The van der Waals surface area contributed by atoms with Gasteiger partial charge in [-0.25, -0.2) is 0 Å². The number of rotatable bonds is 5. The molecule has 3 N–H and O–H groups in total. The van der Waals surface area contributed by atoms with Crippen LogP contribution in [0.15, 0.2) is 36.4 Å². The fourth-order valence-electron chi connectivity index (χ4n) is 2.95. The molecule has 0 bridgehead atoms. The molecule has 134 valence electrons. The van der Waals surface area contributed by atoms with Crippen LogP contribution < -0.4 is 10.6 Å². The Balaban J connectivity index is 1.90. The van der Waals surface area contributed by atoms with E-state index in [1.807, 2.05) is 52.0 Å². The molecular weight excluding hydrogens is 326 g/mol. The Kier molecular flexibility index (Phi) is 5.14. The number of aliphatic hydroxyl groups excluding tert-OH is 1. The molecule has 3 aromatic rings. The van der Waals surface area contributed by atoms with Crippen LogP contribution in [0, 0.1) is 27.7 Å². The second-order valence-electron chi connectivity index (χ2n) is 6.56. The van der Waals surface area contributed by atoms with E-state index in [0.717, 1.165) is 33.6 Å². The largest absolute Gasteiger partial charge is 0.388 e. The predicted octanol–water partition coefficient (Wildman–Crippen LogP) is 4.08. The van der Waals surface area contributed by atoms with Crippen LogP contribution in [0.25, 0.3) is 0 Å². The summed E-state index contributed by atoms with van der Waals surface area (Å²) in [5.74, 6) is 1.08. The lowest BCUT2D eigenvalue weighted by atomic mass is 10.1. The molecule has 3 rings (SSSR count). The zero-order chi connectivity index (χ0) is 18.7. The van der Waals surface area contributed by atoms with Gasteiger partial charge in [-0.1, -0.05) is 12.1 Å². The van der Waals surface area contributed by atoms with Crippen molar-refractivity contribution in [3.05, 3.63) is 64.5 Å². The van der Waals surface area contributed by atoms with Gasteiger partial charge in [0.15, 0.2) is 5.82 Å². The Hall–Kier alpha value is -2.99. The van der Waals surface area contributed by atoms with Crippen LogP contribution >= 0.6 is 0 Å². The van der Waals surface area contributed by atoms with Gasteiger partial charge >= 0.3 is 0 Å². The summed E-state index contributed by atoms with van der Waals surface area (Å²) >= 11 is 0. The molecule has 6 heteroatoms. The average Bonchev–Trinajstić information content (AvgIpc) is 2.52. The monoisotopic (exact) mass is 349 g/mol. The molecule has 0 aliphatic heterocycles. The van der Waals surface area contributed by atoms with E-state index in [2.05, 4.69) is 37.7 Å². The molecule has 0 amide bonds. The second kappa shape index (κ2) is 7.49. The third kappa shape index (κ3) is 4.55. The Bertz CT molecular complexity index is 827. The van der Waals surface area contributed by atoms with Crippen LogP contribution in [0.4, 0.5) is 23.3 Å². The van der Waals surface area contributed by atoms with Crippen molar-refractivity contribution >= 4 is 23.3 Å². The molecule has 0 radical (unpaired) electrons. The number of aromatic nitrogens is 3. The first kappa shape index (κ1) is 17.8. The highest BCUT2D eigenvalue weighted by Gasteiger charge is 2.08. The van der Waals surface area contributed by atoms with Gasteiger partial charge in [-0.3, -0.25) is 0 Å². The lowest BCUT2D eigenvalue weighted by molar-refractivity contribution is 0.271. The highest BCUT2D eigenvalue weighted by atomic mass is 16.3. The number of hydrogen-bond donors (Lipinski definition) is 3. The third-order valence-corrected chi connectivity index (χ3v) is 3.78. The van der Waals surface area contributed by atoms with E-state index in [9.17, 15) is 5.11 Å².